The number of hydrogen-bond donors (Lipinski definition) is 1. The molecule has 130 valence electrons. The Hall–Kier alpha value is -2.78. The van der Waals surface area contributed by atoms with Gasteiger partial charge in [0.25, 0.3) is 0 Å². The number of nitrogens with one attached hydrogen (secondary N) is 1. The average Bonchev–Trinajstić information content (AvgIpc) is 2.85. The normalized spacial score (nSPS) is 11.1. The molecule has 1 aromatic carbocycles. The Morgan fingerprint density at radius 3 is 2.62 bits per heavy atom. The fourth-order valence-electron chi connectivity index (χ4n) is 2.18. The first-order chi connectivity index (χ1) is 11.3. The highest BCUT2D eigenvalue weighted by molar-refractivity contribution is 5.58. The third-order valence-electron chi connectivity index (χ3n) is 3.34. The summed E-state index contributed by atoms with van der Waals surface area (Å²) in [6, 6.07) is 3.68. The van der Waals surface area contributed by atoms with E-state index in [4.69, 9.17) is 0 Å². The number of halogens is 2. The molecule has 0 unspecified atom stereocenters. The molecule has 2 aromatic rings. The Labute approximate surface area is 136 Å². The van der Waals surface area contributed by atoms with Crippen LogP contribution in [0.15, 0.2) is 18.2 Å². The molecule has 2 rings (SSSR count). The third kappa shape index (κ3) is 3.94. The van der Waals surface area contributed by atoms with Crippen LogP contribution in [0.3, 0.4) is 0 Å². The first-order valence-electron chi connectivity index (χ1n) is 7.15. The number of alkyl halides is 2. The van der Waals surface area contributed by atoms with Crippen molar-refractivity contribution in [2.45, 2.75) is 32.9 Å². The molecule has 0 saturated carbocycles. The highest BCUT2D eigenvalue weighted by Gasteiger charge is 2.19. The molecule has 0 spiro atoms. The zero-order chi connectivity index (χ0) is 17.9. The Morgan fingerprint density at radius 2 is 2.08 bits per heavy atom. The van der Waals surface area contributed by atoms with Crippen LogP contribution in [0.1, 0.15) is 31.4 Å². The summed E-state index contributed by atoms with van der Waals surface area (Å²) < 4.78 is 30.8. The summed E-state index contributed by atoms with van der Waals surface area (Å²) in [5, 5.41) is 21.9. The molecule has 0 aliphatic heterocycles. The molecule has 0 atom stereocenters. The first-order valence-corrected chi connectivity index (χ1v) is 7.15. The molecule has 0 fully saturated rings. The van der Waals surface area contributed by atoms with Crippen LogP contribution in [-0.4, -0.2) is 26.3 Å². The number of ether oxygens (including phenoxy) is 1. The molecule has 0 bridgehead atoms. The van der Waals surface area contributed by atoms with Crippen molar-refractivity contribution in [3.8, 4) is 5.75 Å². The van der Waals surface area contributed by atoms with Crippen molar-refractivity contribution in [1.29, 1.82) is 0 Å². The number of anilines is 1. The number of hydrogen-bond acceptors (Lipinski definition) is 6. The van der Waals surface area contributed by atoms with Crippen molar-refractivity contribution in [3.63, 3.8) is 0 Å². The van der Waals surface area contributed by atoms with Crippen molar-refractivity contribution in [2.24, 2.45) is 7.05 Å². The molecule has 0 aliphatic rings. The second kappa shape index (κ2) is 7.20. The van der Waals surface area contributed by atoms with Crippen LogP contribution in [-0.2, 0) is 13.6 Å². The summed E-state index contributed by atoms with van der Waals surface area (Å²) in [6.45, 7) is 1.12. The molecule has 24 heavy (non-hydrogen) atoms. The molecule has 0 amide bonds. The van der Waals surface area contributed by atoms with E-state index in [9.17, 15) is 18.9 Å². The van der Waals surface area contributed by atoms with Gasteiger partial charge in [-0.1, -0.05) is 13.8 Å². The maximum atomic E-state index is 12.4. The SMILES string of the molecule is CC(C)c1nnc(CNc2ccc([N+](=O)[O-])c(OC(F)F)c2)n1C. The Bertz CT molecular complexity index is 733. The first kappa shape index (κ1) is 17.6. The van der Waals surface area contributed by atoms with Crippen LogP contribution in [0.4, 0.5) is 20.2 Å². The second-order valence-electron chi connectivity index (χ2n) is 5.36. The Morgan fingerprint density at radius 1 is 1.38 bits per heavy atom. The zero-order valence-corrected chi connectivity index (χ0v) is 13.4. The number of aromatic nitrogens is 3. The van der Waals surface area contributed by atoms with E-state index in [0.717, 1.165) is 18.0 Å². The predicted molar refractivity (Wildman–Crippen MR) is 82.1 cm³/mol. The van der Waals surface area contributed by atoms with E-state index in [1.807, 2.05) is 25.5 Å². The van der Waals surface area contributed by atoms with E-state index in [1.165, 1.54) is 6.07 Å². The van der Waals surface area contributed by atoms with Gasteiger partial charge in [0.05, 0.1) is 11.5 Å². The summed E-state index contributed by atoms with van der Waals surface area (Å²) in [4.78, 5) is 10.1. The molecular formula is C14H17F2N5O3. The van der Waals surface area contributed by atoms with Gasteiger partial charge in [-0.05, 0) is 6.07 Å². The number of nitro benzene ring substituents is 1. The van der Waals surface area contributed by atoms with Crippen LogP contribution in [0.25, 0.3) is 0 Å². The van der Waals surface area contributed by atoms with Gasteiger partial charge in [-0.3, -0.25) is 10.1 Å². The topological polar surface area (TPSA) is 95.1 Å². The highest BCUT2D eigenvalue weighted by Crippen LogP contribution is 2.31. The number of rotatable bonds is 7. The maximum Gasteiger partial charge on any atom is 0.387 e. The van der Waals surface area contributed by atoms with Gasteiger partial charge in [0.15, 0.2) is 5.82 Å². The van der Waals surface area contributed by atoms with Crippen molar-refractivity contribution < 1.29 is 18.4 Å². The van der Waals surface area contributed by atoms with Gasteiger partial charge < -0.3 is 14.6 Å². The maximum absolute atomic E-state index is 12.4. The van der Waals surface area contributed by atoms with Gasteiger partial charge >= 0.3 is 12.3 Å². The highest BCUT2D eigenvalue weighted by atomic mass is 19.3. The minimum atomic E-state index is -3.15. The van der Waals surface area contributed by atoms with E-state index in [0.29, 0.717) is 11.5 Å². The van der Waals surface area contributed by atoms with E-state index < -0.39 is 23.0 Å². The molecular weight excluding hydrogens is 324 g/mol. The Balaban J connectivity index is 2.17. The summed E-state index contributed by atoms with van der Waals surface area (Å²) in [6.07, 6.45) is 0. The van der Waals surface area contributed by atoms with Gasteiger partial charge in [0.1, 0.15) is 5.82 Å². The molecule has 0 aliphatic carbocycles. The van der Waals surface area contributed by atoms with Gasteiger partial charge in [-0.15, -0.1) is 10.2 Å². The lowest BCUT2D eigenvalue weighted by molar-refractivity contribution is -0.386. The molecule has 1 aromatic heterocycles. The smallest absolute Gasteiger partial charge is 0.387 e. The lowest BCUT2D eigenvalue weighted by Crippen LogP contribution is -2.09. The number of benzene rings is 1. The molecule has 1 heterocycles. The lowest BCUT2D eigenvalue weighted by atomic mass is 10.2. The summed E-state index contributed by atoms with van der Waals surface area (Å²) in [5.74, 6) is 1.17. The number of nitro groups is 1. The van der Waals surface area contributed by atoms with Crippen LogP contribution >= 0.6 is 0 Å². The standard InChI is InChI=1S/C14H17F2N5O3/c1-8(2)13-19-18-12(20(13)3)7-17-9-4-5-10(21(22)23)11(6-9)24-14(15)16/h4-6,8,14,17H,7H2,1-3H3. The molecule has 8 nitrogen and oxygen atoms in total. The predicted octanol–water partition coefficient (Wildman–Crippen LogP) is 3.06. The third-order valence-corrected chi connectivity index (χ3v) is 3.34. The van der Waals surface area contributed by atoms with E-state index in [-0.39, 0.29) is 12.5 Å². The fourth-order valence-corrected chi connectivity index (χ4v) is 2.18. The van der Waals surface area contributed by atoms with Crippen molar-refractivity contribution in [2.75, 3.05) is 5.32 Å². The average molecular weight is 341 g/mol. The van der Waals surface area contributed by atoms with Gasteiger partial charge in [-0.25, -0.2) is 0 Å². The van der Waals surface area contributed by atoms with Gasteiger partial charge in [0.2, 0.25) is 5.75 Å². The van der Waals surface area contributed by atoms with E-state index >= 15 is 0 Å². The van der Waals surface area contributed by atoms with Crippen molar-refractivity contribution in [1.82, 2.24) is 14.8 Å². The molecule has 0 radical (unpaired) electrons. The van der Waals surface area contributed by atoms with Crippen LogP contribution < -0.4 is 10.1 Å². The van der Waals surface area contributed by atoms with Gasteiger partial charge in [0, 0.05) is 30.8 Å². The minimum absolute atomic E-state index is 0.210. The lowest BCUT2D eigenvalue weighted by Gasteiger charge is -2.10. The van der Waals surface area contributed by atoms with E-state index in [1.54, 1.807) is 0 Å². The second-order valence-corrected chi connectivity index (χ2v) is 5.36. The van der Waals surface area contributed by atoms with Crippen LogP contribution in [0, 0.1) is 10.1 Å². The van der Waals surface area contributed by atoms with Crippen molar-refractivity contribution in [3.05, 3.63) is 40.0 Å². The van der Waals surface area contributed by atoms with E-state index in [2.05, 4.69) is 20.3 Å². The molecule has 0 saturated heterocycles. The molecule has 1 N–H and O–H groups in total. The largest absolute Gasteiger partial charge is 0.427 e. The van der Waals surface area contributed by atoms with Crippen LogP contribution in [0.5, 0.6) is 5.75 Å². The quantitative estimate of drug-likeness (QED) is 0.614. The summed E-state index contributed by atoms with van der Waals surface area (Å²) in [7, 11) is 1.83. The zero-order valence-electron chi connectivity index (χ0n) is 13.4. The Kier molecular flexibility index (Phi) is 5.27. The summed E-state index contributed by atoms with van der Waals surface area (Å²) in [5.41, 5.74) is -0.132. The minimum Gasteiger partial charge on any atom is -0.427 e. The fraction of sp³-hybridized carbons (Fsp3) is 0.429. The number of nitrogens with zero attached hydrogens (tertiary/aromatic N) is 4. The van der Waals surface area contributed by atoms with Gasteiger partial charge in [-0.2, -0.15) is 8.78 Å². The molecule has 10 heteroatoms. The van der Waals surface area contributed by atoms with Crippen molar-refractivity contribution >= 4 is 11.4 Å². The van der Waals surface area contributed by atoms with Crippen LogP contribution in [0.2, 0.25) is 0 Å². The monoisotopic (exact) mass is 341 g/mol. The summed E-state index contributed by atoms with van der Waals surface area (Å²) >= 11 is 0.